The Morgan fingerprint density at radius 3 is 2.68 bits per heavy atom. The van der Waals surface area contributed by atoms with E-state index in [4.69, 9.17) is 4.42 Å². The van der Waals surface area contributed by atoms with Crippen LogP contribution in [0.1, 0.15) is 48.2 Å². The number of rotatable bonds is 6. The predicted octanol–water partition coefficient (Wildman–Crippen LogP) is 3.70. The molecule has 1 atom stereocenters. The first-order valence-corrected chi connectivity index (χ1v) is 10.7. The van der Waals surface area contributed by atoms with Gasteiger partial charge < -0.3 is 9.73 Å². The maximum absolute atomic E-state index is 12.5. The lowest BCUT2D eigenvalue weighted by Crippen LogP contribution is -2.32. The first-order chi connectivity index (χ1) is 13.7. The normalized spacial score (nSPS) is 16.1. The van der Waals surface area contributed by atoms with Gasteiger partial charge in [0.25, 0.3) is 5.91 Å². The minimum absolute atomic E-state index is 0.261. The number of pyridine rings is 1. The summed E-state index contributed by atoms with van der Waals surface area (Å²) in [5.41, 5.74) is 1.52. The molecule has 3 aromatic rings. The van der Waals surface area contributed by atoms with Gasteiger partial charge >= 0.3 is 0 Å². The molecule has 1 saturated carbocycles. The first kappa shape index (κ1) is 18.8. The van der Waals surface area contributed by atoms with Crippen molar-refractivity contribution in [1.82, 2.24) is 15.0 Å². The Balaban J connectivity index is 1.32. The summed E-state index contributed by atoms with van der Waals surface area (Å²) in [6.45, 7) is 0.372. The molecule has 0 aliphatic heterocycles. The summed E-state index contributed by atoms with van der Waals surface area (Å²) in [5.74, 6) is -0.0137. The highest BCUT2D eigenvalue weighted by molar-refractivity contribution is 7.83. The number of hydrogen-bond acceptors (Lipinski definition) is 4. The number of aromatic nitrogens is 1. The quantitative estimate of drug-likeness (QED) is 0.664. The molecule has 1 aliphatic carbocycles. The van der Waals surface area contributed by atoms with Crippen LogP contribution in [0.4, 0.5) is 0 Å². The van der Waals surface area contributed by atoms with Crippen molar-refractivity contribution in [3.63, 3.8) is 0 Å². The lowest BCUT2D eigenvalue weighted by atomic mass is 9.96. The average Bonchev–Trinajstić information content (AvgIpc) is 3.17. The molecule has 1 amide bonds. The van der Waals surface area contributed by atoms with Crippen LogP contribution in [0.3, 0.4) is 0 Å². The third kappa shape index (κ3) is 4.48. The van der Waals surface area contributed by atoms with Crippen LogP contribution in [0, 0.1) is 0 Å². The number of carbonyl (C=O) groups is 1. The Morgan fingerprint density at radius 1 is 1.14 bits per heavy atom. The zero-order valence-corrected chi connectivity index (χ0v) is 16.3. The van der Waals surface area contributed by atoms with E-state index < -0.39 is 11.0 Å². The lowest BCUT2D eigenvalue weighted by molar-refractivity contribution is 0.0925. The van der Waals surface area contributed by atoms with Gasteiger partial charge in [0, 0.05) is 24.2 Å². The molecular formula is C21H23N3O3S. The molecule has 0 spiro atoms. The highest BCUT2D eigenvalue weighted by atomic mass is 32.2. The summed E-state index contributed by atoms with van der Waals surface area (Å²) < 4.78 is 21.2. The SMILES string of the molecule is O=C(NCc1ccc(S(=O)NC2CCCCC2)cc1)c1cc2ccncc2o1. The largest absolute Gasteiger partial charge is 0.449 e. The highest BCUT2D eigenvalue weighted by Crippen LogP contribution is 2.19. The van der Waals surface area contributed by atoms with Gasteiger partial charge in [-0.3, -0.25) is 9.78 Å². The number of amides is 1. The smallest absolute Gasteiger partial charge is 0.287 e. The van der Waals surface area contributed by atoms with Crippen molar-refractivity contribution in [2.24, 2.45) is 0 Å². The fraction of sp³-hybridized carbons (Fsp3) is 0.333. The van der Waals surface area contributed by atoms with Crippen molar-refractivity contribution >= 4 is 27.9 Å². The van der Waals surface area contributed by atoms with Gasteiger partial charge in [-0.1, -0.05) is 31.4 Å². The fourth-order valence-corrected chi connectivity index (χ4v) is 4.49. The summed E-state index contributed by atoms with van der Waals surface area (Å²) in [6.07, 6.45) is 9.11. The monoisotopic (exact) mass is 397 g/mol. The predicted molar refractivity (Wildman–Crippen MR) is 108 cm³/mol. The number of fused-ring (bicyclic) bond motifs is 1. The van der Waals surface area contributed by atoms with Crippen LogP contribution in [-0.4, -0.2) is 21.1 Å². The Morgan fingerprint density at radius 2 is 1.93 bits per heavy atom. The standard InChI is InChI=1S/C21H23N3O3S/c25-21(19-12-16-10-11-22-14-20(16)27-19)23-13-15-6-8-18(9-7-15)28(26)24-17-4-2-1-3-5-17/h6-12,14,17,24H,1-5,13H2,(H,23,25). The van der Waals surface area contributed by atoms with Crippen molar-refractivity contribution < 1.29 is 13.4 Å². The summed E-state index contributed by atoms with van der Waals surface area (Å²) in [4.78, 5) is 17.0. The number of nitrogens with zero attached hydrogens (tertiary/aromatic N) is 1. The van der Waals surface area contributed by atoms with Crippen molar-refractivity contribution in [2.45, 2.75) is 49.6 Å². The van der Waals surface area contributed by atoms with E-state index in [1.165, 1.54) is 19.3 Å². The zero-order chi connectivity index (χ0) is 19.3. The second-order valence-corrected chi connectivity index (χ2v) is 8.32. The molecule has 1 aliphatic rings. The van der Waals surface area contributed by atoms with Gasteiger partial charge in [0.1, 0.15) is 11.0 Å². The summed E-state index contributed by atoms with van der Waals surface area (Å²) >= 11 is 0. The maximum atomic E-state index is 12.5. The third-order valence-electron chi connectivity index (χ3n) is 5.02. The number of benzene rings is 1. The van der Waals surface area contributed by atoms with E-state index in [0.29, 0.717) is 18.2 Å². The van der Waals surface area contributed by atoms with Gasteiger partial charge in [-0.2, -0.15) is 0 Å². The summed E-state index contributed by atoms with van der Waals surface area (Å²) in [7, 11) is -1.20. The van der Waals surface area contributed by atoms with E-state index in [-0.39, 0.29) is 11.7 Å². The van der Waals surface area contributed by atoms with Crippen molar-refractivity contribution in [3.8, 4) is 0 Å². The zero-order valence-electron chi connectivity index (χ0n) is 15.5. The molecule has 2 aromatic heterocycles. The number of carbonyl (C=O) groups excluding carboxylic acids is 1. The van der Waals surface area contributed by atoms with E-state index in [1.807, 2.05) is 24.3 Å². The molecule has 1 fully saturated rings. The van der Waals surface area contributed by atoms with Crippen molar-refractivity contribution in [1.29, 1.82) is 0 Å². The van der Waals surface area contributed by atoms with Crippen molar-refractivity contribution in [3.05, 3.63) is 60.1 Å². The lowest BCUT2D eigenvalue weighted by Gasteiger charge is -2.22. The van der Waals surface area contributed by atoms with Crippen LogP contribution in [0.2, 0.25) is 0 Å². The minimum Gasteiger partial charge on any atom is -0.449 e. The van der Waals surface area contributed by atoms with Gasteiger partial charge in [-0.05, 0) is 42.7 Å². The molecular weight excluding hydrogens is 374 g/mol. The third-order valence-corrected chi connectivity index (χ3v) is 6.26. The average molecular weight is 398 g/mol. The highest BCUT2D eigenvalue weighted by Gasteiger charge is 2.16. The van der Waals surface area contributed by atoms with Gasteiger partial charge in [-0.15, -0.1) is 0 Å². The Kier molecular flexibility index (Phi) is 5.83. The van der Waals surface area contributed by atoms with E-state index in [2.05, 4.69) is 15.0 Å². The Hall–Kier alpha value is -2.51. The Labute approximate surface area is 166 Å². The molecule has 0 radical (unpaired) electrons. The molecule has 6 nitrogen and oxygen atoms in total. The van der Waals surface area contributed by atoms with Crippen LogP contribution in [-0.2, 0) is 17.5 Å². The topological polar surface area (TPSA) is 84.2 Å². The van der Waals surface area contributed by atoms with Crippen LogP contribution >= 0.6 is 0 Å². The number of hydrogen-bond donors (Lipinski definition) is 2. The molecule has 28 heavy (non-hydrogen) atoms. The molecule has 0 bridgehead atoms. The summed E-state index contributed by atoms with van der Waals surface area (Å²) in [5, 5.41) is 3.69. The molecule has 2 heterocycles. The van der Waals surface area contributed by atoms with Crippen LogP contribution in [0.5, 0.6) is 0 Å². The second-order valence-electron chi connectivity index (χ2n) is 7.07. The molecule has 0 saturated heterocycles. The van der Waals surface area contributed by atoms with E-state index >= 15 is 0 Å². The van der Waals surface area contributed by atoms with Gasteiger partial charge in [0.2, 0.25) is 0 Å². The van der Waals surface area contributed by atoms with Crippen LogP contribution in [0.15, 0.2) is 58.1 Å². The maximum Gasteiger partial charge on any atom is 0.287 e. The van der Waals surface area contributed by atoms with Crippen LogP contribution in [0.25, 0.3) is 11.0 Å². The minimum atomic E-state index is -1.20. The fourth-order valence-electron chi connectivity index (χ4n) is 3.44. The van der Waals surface area contributed by atoms with Crippen molar-refractivity contribution in [2.75, 3.05) is 0 Å². The van der Waals surface area contributed by atoms with Crippen LogP contribution < -0.4 is 10.0 Å². The molecule has 1 aromatic carbocycles. The number of nitrogens with one attached hydrogen (secondary N) is 2. The van der Waals surface area contributed by atoms with Gasteiger partial charge in [-0.25, -0.2) is 8.93 Å². The Bertz CT molecular complexity index is 945. The van der Waals surface area contributed by atoms with E-state index in [1.54, 1.807) is 24.5 Å². The second kappa shape index (κ2) is 8.67. The molecule has 2 N–H and O–H groups in total. The number of furan rings is 1. The van der Waals surface area contributed by atoms with Gasteiger partial charge in [0.15, 0.2) is 11.3 Å². The molecule has 1 unspecified atom stereocenters. The molecule has 146 valence electrons. The summed E-state index contributed by atoms with van der Waals surface area (Å²) in [6, 6.07) is 11.3. The molecule has 4 rings (SSSR count). The van der Waals surface area contributed by atoms with E-state index in [9.17, 15) is 9.00 Å². The first-order valence-electron chi connectivity index (χ1n) is 9.58. The molecule has 7 heteroatoms. The van der Waals surface area contributed by atoms with E-state index in [0.717, 1.165) is 28.7 Å². The van der Waals surface area contributed by atoms with Gasteiger partial charge in [0.05, 0.1) is 11.1 Å².